The summed E-state index contributed by atoms with van der Waals surface area (Å²) in [4.78, 5) is 33.7. The maximum absolute atomic E-state index is 11.9. The molecule has 174 valence electrons. The van der Waals surface area contributed by atoms with E-state index in [0.29, 0.717) is 32.2 Å². The Morgan fingerprint density at radius 2 is 1.87 bits per heavy atom. The molecular weight excluding hydrogens is 388 g/mol. The molecule has 2 N–H and O–H groups in total. The van der Waals surface area contributed by atoms with Gasteiger partial charge in [0.05, 0.1) is 6.61 Å². The normalized spacial score (nSPS) is 15.3. The van der Waals surface area contributed by atoms with E-state index in [9.17, 15) is 9.59 Å². The number of carbonyl (C=O) groups is 2. The third kappa shape index (κ3) is 10.6. The SMILES string of the molecule is CCOC(=O)N1CCC(NC(=NCC(=O)N(C)C)NCCN(C)CCCOC)CC1. The Labute approximate surface area is 180 Å². The number of hydrogen-bond donors (Lipinski definition) is 2. The van der Waals surface area contributed by atoms with E-state index in [0.717, 1.165) is 39.0 Å². The number of methoxy groups -OCH3 is 1. The molecule has 0 bridgehead atoms. The predicted octanol–water partition coefficient (Wildman–Crippen LogP) is 0.199. The summed E-state index contributed by atoms with van der Waals surface area (Å²) in [6.07, 6.45) is 2.34. The summed E-state index contributed by atoms with van der Waals surface area (Å²) in [6.45, 7) is 6.85. The Morgan fingerprint density at radius 1 is 1.17 bits per heavy atom. The molecule has 10 heteroatoms. The van der Waals surface area contributed by atoms with Crippen LogP contribution in [0, 0.1) is 0 Å². The minimum Gasteiger partial charge on any atom is -0.450 e. The number of hydrogen-bond acceptors (Lipinski definition) is 6. The van der Waals surface area contributed by atoms with E-state index >= 15 is 0 Å². The lowest BCUT2D eigenvalue weighted by molar-refractivity contribution is -0.127. The molecule has 0 aromatic heterocycles. The molecule has 0 radical (unpaired) electrons. The molecular formula is C20H40N6O4. The quantitative estimate of drug-likeness (QED) is 0.276. The molecule has 30 heavy (non-hydrogen) atoms. The third-order valence-corrected chi connectivity index (χ3v) is 4.91. The number of amides is 2. The molecule has 1 aliphatic heterocycles. The highest BCUT2D eigenvalue weighted by Gasteiger charge is 2.24. The van der Waals surface area contributed by atoms with Crippen LogP contribution >= 0.6 is 0 Å². The summed E-state index contributed by atoms with van der Waals surface area (Å²) in [5.41, 5.74) is 0. The number of nitrogens with one attached hydrogen (secondary N) is 2. The second-order valence-electron chi connectivity index (χ2n) is 7.63. The fourth-order valence-corrected chi connectivity index (χ4v) is 3.01. The van der Waals surface area contributed by atoms with Crippen LogP contribution in [0.5, 0.6) is 0 Å². The van der Waals surface area contributed by atoms with E-state index in [2.05, 4.69) is 27.6 Å². The molecule has 1 saturated heterocycles. The summed E-state index contributed by atoms with van der Waals surface area (Å²) in [6, 6.07) is 0.191. The lowest BCUT2D eigenvalue weighted by Crippen LogP contribution is -2.51. The Hall–Kier alpha value is -2.07. The van der Waals surface area contributed by atoms with Crippen LogP contribution in [0.1, 0.15) is 26.2 Å². The number of piperidine rings is 1. The van der Waals surface area contributed by atoms with E-state index < -0.39 is 0 Å². The number of aliphatic imine (C=N–C) groups is 1. The van der Waals surface area contributed by atoms with E-state index in [1.807, 2.05) is 6.92 Å². The molecule has 0 unspecified atom stereocenters. The number of guanidine groups is 1. The molecule has 1 heterocycles. The molecule has 1 fully saturated rings. The smallest absolute Gasteiger partial charge is 0.409 e. The van der Waals surface area contributed by atoms with Crippen molar-refractivity contribution in [1.29, 1.82) is 0 Å². The van der Waals surface area contributed by atoms with Crippen molar-refractivity contribution in [2.24, 2.45) is 4.99 Å². The highest BCUT2D eigenvalue weighted by atomic mass is 16.6. The minimum absolute atomic E-state index is 0.0510. The Morgan fingerprint density at radius 3 is 2.47 bits per heavy atom. The van der Waals surface area contributed by atoms with Crippen molar-refractivity contribution >= 4 is 18.0 Å². The molecule has 0 aromatic carbocycles. The van der Waals surface area contributed by atoms with E-state index in [1.54, 1.807) is 26.1 Å². The summed E-state index contributed by atoms with van der Waals surface area (Å²) >= 11 is 0. The lowest BCUT2D eigenvalue weighted by Gasteiger charge is -2.32. The molecule has 1 aliphatic rings. The van der Waals surface area contributed by atoms with Gasteiger partial charge in [0.25, 0.3) is 0 Å². The number of nitrogens with zero attached hydrogens (tertiary/aromatic N) is 4. The van der Waals surface area contributed by atoms with Gasteiger partial charge in [-0.2, -0.15) is 0 Å². The van der Waals surface area contributed by atoms with Crippen LogP contribution in [0.3, 0.4) is 0 Å². The lowest BCUT2D eigenvalue weighted by atomic mass is 10.1. The van der Waals surface area contributed by atoms with E-state index in [1.165, 1.54) is 4.90 Å². The summed E-state index contributed by atoms with van der Waals surface area (Å²) in [5.74, 6) is 0.579. The van der Waals surface area contributed by atoms with Gasteiger partial charge in [0, 0.05) is 66.6 Å². The molecule has 0 spiro atoms. The Balaban J connectivity index is 2.52. The number of ether oxygens (including phenoxy) is 2. The average molecular weight is 429 g/mol. The van der Waals surface area contributed by atoms with Crippen molar-refractivity contribution in [1.82, 2.24) is 25.3 Å². The largest absolute Gasteiger partial charge is 0.450 e. The highest BCUT2D eigenvalue weighted by Crippen LogP contribution is 2.11. The first-order chi connectivity index (χ1) is 14.4. The van der Waals surface area contributed by atoms with Crippen LogP contribution < -0.4 is 10.6 Å². The number of carbonyl (C=O) groups excluding carboxylic acids is 2. The summed E-state index contributed by atoms with van der Waals surface area (Å²) in [7, 11) is 7.22. The maximum atomic E-state index is 11.9. The van der Waals surface area contributed by atoms with Crippen LogP contribution in [0.25, 0.3) is 0 Å². The van der Waals surface area contributed by atoms with Crippen molar-refractivity contribution in [3.8, 4) is 0 Å². The molecule has 0 atom stereocenters. The topological polar surface area (TPSA) is 98.7 Å². The van der Waals surface area contributed by atoms with Crippen LogP contribution in [-0.2, 0) is 14.3 Å². The number of likely N-dealkylation sites (tertiary alicyclic amines) is 1. The maximum Gasteiger partial charge on any atom is 0.409 e. The van der Waals surface area contributed by atoms with Gasteiger partial charge in [-0.05, 0) is 33.2 Å². The van der Waals surface area contributed by atoms with Gasteiger partial charge in [0.1, 0.15) is 6.54 Å². The first-order valence-electron chi connectivity index (χ1n) is 10.7. The molecule has 0 aliphatic carbocycles. The van der Waals surface area contributed by atoms with Crippen molar-refractivity contribution in [2.45, 2.75) is 32.2 Å². The van der Waals surface area contributed by atoms with Crippen molar-refractivity contribution in [3.63, 3.8) is 0 Å². The number of likely N-dealkylation sites (N-methyl/N-ethyl adjacent to an activating group) is 2. The average Bonchev–Trinajstić information content (AvgIpc) is 2.72. The zero-order valence-corrected chi connectivity index (χ0v) is 19.3. The third-order valence-electron chi connectivity index (χ3n) is 4.91. The van der Waals surface area contributed by atoms with Gasteiger partial charge in [0.2, 0.25) is 5.91 Å². The van der Waals surface area contributed by atoms with Gasteiger partial charge < -0.3 is 34.8 Å². The van der Waals surface area contributed by atoms with Crippen LogP contribution in [0.2, 0.25) is 0 Å². The fourth-order valence-electron chi connectivity index (χ4n) is 3.01. The van der Waals surface area contributed by atoms with Crippen molar-refractivity contribution < 1.29 is 19.1 Å². The van der Waals surface area contributed by atoms with Crippen molar-refractivity contribution in [3.05, 3.63) is 0 Å². The van der Waals surface area contributed by atoms with Gasteiger partial charge in [0.15, 0.2) is 5.96 Å². The molecule has 1 rings (SSSR count). The second kappa shape index (κ2) is 14.8. The van der Waals surface area contributed by atoms with Crippen molar-refractivity contribution in [2.75, 3.05) is 80.7 Å². The first-order valence-corrected chi connectivity index (χ1v) is 10.7. The predicted molar refractivity (Wildman–Crippen MR) is 118 cm³/mol. The fraction of sp³-hybridized carbons (Fsp3) is 0.850. The Bertz CT molecular complexity index is 535. The highest BCUT2D eigenvalue weighted by molar-refractivity contribution is 5.85. The van der Waals surface area contributed by atoms with Crippen LogP contribution in [0.15, 0.2) is 4.99 Å². The van der Waals surface area contributed by atoms with Crippen LogP contribution in [-0.4, -0.2) is 119 Å². The molecule has 10 nitrogen and oxygen atoms in total. The zero-order chi connectivity index (χ0) is 22.4. The van der Waals surface area contributed by atoms with Gasteiger partial charge in [-0.1, -0.05) is 0 Å². The molecule has 0 saturated carbocycles. The first kappa shape index (κ1) is 26.0. The second-order valence-corrected chi connectivity index (χ2v) is 7.63. The van der Waals surface area contributed by atoms with Gasteiger partial charge in [-0.15, -0.1) is 0 Å². The summed E-state index contributed by atoms with van der Waals surface area (Å²) < 4.78 is 10.2. The van der Waals surface area contributed by atoms with Gasteiger partial charge in [-0.25, -0.2) is 9.79 Å². The molecule has 0 aromatic rings. The van der Waals surface area contributed by atoms with E-state index in [4.69, 9.17) is 9.47 Å². The van der Waals surface area contributed by atoms with E-state index in [-0.39, 0.29) is 24.6 Å². The van der Waals surface area contributed by atoms with Crippen LogP contribution in [0.4, 0.5) is 4.79 Å². The molecule has 2 amide bonds. The number of rotatable bonds is 11. The minimum atomic E-state index is -0.254. The Kier molecular flexibility index (Phi) is 12.8. The zero-order valence-electron chi connectivity index (χ0n) is 19.3. The van der Waals surface area contributed by atoms with Gasteiger partial charge in [-0.3, -0.25) is 4.79 Å². The monoisotopic (exact) mass is 428 g/mol. The summed E-state index contributed by atoms with van der Waals surface area (Å²) in [5, 5.41) is 6.75. The van der Waals surface area contributed by atoms with Gasteiger partial charge >= 0.3 is 6.09 Å². The standard InChI is InChI=1S/C20H40N6O4/c1-6-30-20(28)26-12-8-17(9-13-26)23-19(22-16-18(27)24(2)3)21-10-14-25(4)11-7-15-29-5/h17H,6-16H2,1-5H3,(H2,21,22,23).